The van der Waals surface area contributed by atoms with Crippen LogP contribution in [0.5, 0.6) is 5.88 Å². The first kappa shape index (κ1) is 16.2. The zero-order valence-electron chi connectivity index (χ0n) is 13.0. The largest absolute Gasteiger partial charge is 0.494 e. The molecule has 0 aliphatic rings. The van der Waals surface area contributed by atoms with E-state index in [0.29, 0.717) is 11.0 Å². The van der Waals surface area contributed by atoms with E-state index >= 15 is 0 Å². The molecule has 0 aliphatic carbocycles. The zero-order valence-corrected chi connectivity index (χ0v) is 13.0. The van der Waals surface area contributed by atoms with Gasteiger partial charge in [0.05, 0.1) is 6.61 Å². The van der Waals surface area contributed by atoms with Crippen LogP contribution in [0.2, 0.25) is 0 Å². The average Bonchev–Trinajstić information content (AvgIpc) is 2.93. The number of hydrogen-bond donors (Lipinski definition) is 3. The Hall–Kier alpha value is -3.62. The van der Waals surface area contributed by atoms with Crippen molar-refractivity contribution in [1.82, 2.24) is 9.97 Å². The molecule has 0 spiro atoms. The maximum atomic E-state index is 12.1. The van der Waals surface area contributed by atoms with Crippen molar-refractivity contribution in [2.75, 3.05) is 6.61 Å². The Bertz CT molecular complexity index is 1090. The standard InChI is InChI=1S/C16H13N3O6/c1-2-24-15(22)12-11(8-5-3-4-6-10(8)25-12)17-7-9-13(20)18-16(23)19-14(9)21/h3-7H,2H2,1H3,(H3,18,19,20,21,23). The van der Waals surface area contributed by atoms with E-state index < -0.39 is 23.1 Å². The summed E-state index contributed by atoms with van der Waals surface area (Å²) in [5, 5.41) is 10.2. The van der Waals surface area contributed by atoms with Gasteiger partial charge < -0.3 is 14.3 Å². The molecule has 9 heteroatoms. The van der Waals surface area contributed by atoms with Crippen molar-refractivity contribution in [2.24, 2.45) is 4.99 Å². The maximum absolute atomic E-state index is 12.1. The molecule has 0 amide bonds. The van der Waals surface area contributed by atoms with Crippen molar-refractivity contribution in [3.8, 4) is 5.88 Å². The summed E-state index contributed by atoms with van der Waals surface area (Å²) in [4.78, 5) is 43.0. The molecule has 9 nitrogen and oxygen atoms in total. The maximum Gasteiger partial charge on any atom is 0.376 e. The van der Waals surface area contributed by atoms with Gasteiger partial charge in [-0.25, -0.2) is 9.59 Å². The molecule has 0 radical (unpaired) electrons. The number of benzene rings is 1. The van der Waals surface area contributed by atoms with Crippen LogP contribution in [0.3, 0.4) is 0 Å². The number of carbonyl (C=O) groups excluding carboxylic acids is 1. The van der Waals surface area contributed by atoms with Gasteiger partial charge in [0.1, 0.15) is 16.8 Å². The normalized spacial score (nSPS) is 11.2. The number of furan rings is 1. The number of nitrogens with one attached hydrogen (secondary N) is 2. The zero-order chi connectivity index (χ0) is 18.0. The van der Waals surface area contributed by atoms with Crippen LogP contribution < -0.4 is 11.2 Å². The van der Waals surface area contributed by atoms with Gasteiger partial charge in [0.2, 0.25) is 11.6 Å². The van der Waals surface area contributed by atoms with Crippen molar-refractivity contribution in [3.05, 3.63) is 56.4 Å². The van der Waals surface area contributed by atoms with Gasteiger partial charge in [-0.2, -0.15) is 0 Å². The number of carbonyl (C=O) groups is 1. The molecule has 0 bridgehead atoms. The number of hydrogen-bond acceptors (Lipinski definition) is 7. The number of aromatic hydroxyl groups is 1. The molecule has 128 valence electrons. The summed E-state index contributed by atoms with van der Waals surface area (Å²) in [5.74, 6) is -1.46. The molecule has 2 heterocycles. The van der Waals surface area contributed by atoms with Crippen LogP contribution in [-0.2, 0) is 4.74 Å². The fourth-order valence-corrected chi connectivity index (χ4v) is 2.23. The van der Waals surface area contributed by atoms with Crippen molar-refractivity contribution in [3.63, 3.8) is 0 Å². The molecule has 0 unspecified atom stereocenters. The third-order valence-corrected chi connectivity index (χ3v) is 3.31. The highest BCUT2D eigenvalue weighted by molar-refractivity contribution is 6.04. The first-order valence-electron chi connectivity index (χ1n) is 7.29. The molecule has 0 saturated heterocycles. The number of aliphatic imine (C=N–C) groups is 1. The second kappa shape index (κ2) is 6.48. The Morgan fingerprint density at radius 1 is 1.32 bits per heavy atom. The number of para-hydroxylation sites is 1. The number of H-pyrrole nitrogens is 2. The van der Waals surface area contributed by atoms with Crippen LogP contribution in [0.4, 0.5) is 5.69 Å². The Balaban J connectivity index is 2.15. The summed E-state index contributed by atoms with van der Waals surface area (Å²) < 4.78 is 10.4. The third-order valence-electron chi connectivity index (χ3n) is 3.31. The second-order valence-corrected chi connectivity index (χ2v) is 4.93. The predicted molar refractivity (Wildman–Crippen MR) is 88.8 cm³/mol. The fourth-order valence-electron chi connectivity index (χ4n) is 2.23. The Labute approximate surface area is 139 Å². The lowest BCUT2D eigenvalue weighted by molar-refractivity contribution is 0.0494. The number of fused-ring (bicyclic) bond motifs is 1. The van der Waals surface area contributed by atoms with E-state index in [-0.39, 0.29) is 23.6 Å². The van der Waals surface area contributed by atoms with Crippen LogP contribution in [-0.4, -0.2) is 33.9 Å². The summed E-state index contributed by atoms with van der Waals surface area (Å²) in [6.07, 6.45) is 1.03. The van der Waals surface area contributed by atoms with Gasteiger partial charge in [0, 0.05) is 11.6 Å². The highest BCUT2D eigenvalue weighted by Gasteiger charge is 2.21. The highest BCUT2D eigenvalue weighted by Crippen LogP contribution is 2.33. The fraction of sp³-hybridized carbons (Fsp3) is 0.125. The van der Waals surface area contributed by atoms with E-state index in [1.54, 1.807) is 31.2 Å². The Morgan fingerprint density at radius 3 is 2.80 bits per heavy atom. The molecule has 3 N–H and O–H groups in total. The summed E-state index contributed by atoms with van der Waals surface area (Å²) in [6.45, 7) is 1.81. The van der Waals surface area contributed by atoms with Crippen LogP contribution in [0.25, 0.3) is 11.0 Å². The SMILES string of the molecule is CCOC(=O)c1oc2ccccc2c1N=Cc1c(O)[nH]c(=O)[nH]c1=O. The van der Waals surface area contributed by atoms with Gasteiger partial charge >= 0.3 is 11.7 Å². The van der Waals surface area contributed by atoms with E-state index in [1.165, 1.54) is 0 Å². The van der Waals surface area contributed by atoms with Gasteiger partial charge in [-0.1, -0.05) is 12.1 Å². The summed E-state index contributed by atoms with van der Waals surface area (Å²) in [6, 6.07) is 6.80. The van der Waals surface area contributed by atoms with Crippen molar-refractivity contribution >= 4 is 28.8 Å². The second-order valence-electron chi connectivity index (χ2n) is 4.93. The molecule has 2 aromatic heterocycles. The van der Waals surface area contributed by atoms with Crippen molar-refractivity contribution in [1.29, 1.82) is 0 Å². The average molecular weight is 343 g/mol. The minimum atomic E-state index is -0.847. The Kier molecular flexibility index (Phi) is 4.21. The molecule has 3 rings (SSSR count). The van der Waals surface area contributed by atoms with Gasteiger partial charge in [-0.05, 0) is 19.1 Å². The topological polar surface area (TPSA) is 138 Å². The number of esters is 1. The number of nitrogens with zero attached hydrogens (tertiary/aromatic N) is 1. The number of aromatic amines is 2. The molecule has 0 fully saturated rings. The smallest absolute Gasteiger partial charge is 0.376 e. The molecule has 0 atom stereocenters. The van der Waals surface area contributed by atoms with E-state index in [4.69, 9.17) is 9.15 Å². The summed E-state index contributed by atoms with van der Waals surface area (Å²) in [5.41, 5.74) is -1.37. The van der Waals surface area contributed by atoms with Crippen LogP contribution >= 0.6 is 0 Å². The van der Waals surface area contributed by atoms with Crippen LogP contribution in [0, 0.1) is 0 Å². The lowest BCUT2D eigenvalue weighted by atomic mass is 10.2. The van der Waals surface area contributed by atoms with Gasteiger partial charge in [0.15, 0.2) is 0 Å². The molecule has 3 aromatic rings. The molecular formula is C16H13N3O6. The molecule has 0 saturated carbocycles. The lowest BCUT2D eigenvalue weighted by Gasteiger charge is -1.99. The monoisotopic (exact) mass is 343 g/mol. The van der Waals surface area contributed by atoms with E-state index in [0.717, 1.165) is 6.21 Å². The Morgan fingerprint density at radius 2 is 2.08 bits per heavy atom. The summed E-state index contributed by atoms with van der Waals surface area (Å²) in [7, 11) is 0. The molecular weight excluding hydrogens is 330 g/mol. The van der Waals surface area contributed by atoms with Gasteiger partial charge in [-0.15, -0.1) is 0 Å². The van der Waals surface area contributed by atoms with Gasteiger partial charge in [-0.3, -0.25) is 19.8 Å². The minimum Gasteiger partial charge on any atom is -0.494 e. The molecule has 1 aromatic carbocycles. The first-order valence-corrected chi connectivity index (χ1v) is 7.29. The quantitative estimate of drug-likeness (QED) is 0.484. The highest BCUT2D eigenvalue weighted by atomic mass is 16.5. The van der Waals surface area contributed by atoms with Crippen molar-refractivity contribution in [2.45, 2.75) is 6.92 Å². The van der Waals surface area contributed by atoms with E-state index in [9.17, 15) is 19.5 Å². The predicted octanol–water partition coefficient (Wildman–Crippen LogP) is 1.44. The number of rotatable bonds is 4. The minimum absolute atomic E-state index is 0.125. The number of aromatic nitrogens is 2. The van der Waals surface area contributed by atoms with Crippen LogP contribution in [0.1, 0.15) is 23.0 Å². The molecule has 25 heavy (non-hydrogen) atoms. The van der Waals surface area contributed by atoms with Gasteiger partial charge in [0.25, 0.3) is 5.56 Å². The third kappa shape index (κ3) is 3.07. The van der Waals surface area contributed by atoms with Crippen LogP contribution in [0.15, 0.2) is 43.3 Å². The van der Waals surface area contributed by atoms with E-state index in [1.807, 2.05) is 9.97 Å². The lowest BCUT2D eigenvalue weighted by Crippen LogP contribution is -2.24. The van der Waals surface area contributed by atoms with Crippen molar-refractivity contribution < 1.29 is 19.1 Å². The van der Waals surface area contributed by atoms with E-state index in [2.05, 4.69) is 4.99 Å². The first-order chi connectivity index (χ1) is 12.0. The molecule has 0 aliphatic heterocycles. The number of ether oxygens (including phenoxy) is 1. The summed E-state index contributed by atoms with van der Waals surface area (Å²) >= 11 is 0.